The van der Waals surface area contributed by atoms with Crippen LogP contribution in [0.1, 0.15) is 19.4 Å². The van der Waals surface area contributed by atoms with Gasteiger partial charge in [-0.3, -0.25) is 4.79 Å². The maximum absolute atomic E-state index is 11.4. The molecule has 0 spiro atoms. The molecule has 4 heteroatoms. The Balaban J connectivity index is 2.47. The van der Waals surface area contributed by atoms with Crippen molar-refractivity contribution in [3.8, 4) is 15.6 Å². The molecule has 3 nitrogen and oxygen atoms in total. The van der Waals surface area contributed by atoms with Crippen molar-refractivity contribution in [2.75, 3.05) is 6.61 Å². The van der Waals surface area contributed by atoms with E-state index >= 15 is 0 Å². The normalized spacial score (nSPS) is 9.56. The number of hydrogen-bond acceptors (Lipinski definition) is 3. The summed E-state index contributed by atoms with van der Waals surface area (Å²) >= 11 is 1.90. The Bertz CT molecular complexity index is 440. The van der Waals surface area contributed by atoms with Crippen molar-refractivity contribution in [1.29, 1.82) is 0 Å². The number of benzene rings is 1. The van der Waals surface area contributed by atoms with E-state index in [1.165, 1.54) is 0 Å². The van der Waals surface area contributed by atoms with Gasteiger partial charge >= 0.3 is 5.97 Å². The zero-order valence-corrected chi connectivity index (χ0v) is 12.6. The maximum Gasteiger partial charge on any atom is 0.311 e. The van der Waals surface area contributed by atoms with Crippen LogP contribution in [-0.2, 0) is 16.0 Å². The van der Waals surface area contributed by atoms with Gasteiger partial charge in [0.05, 0.1) is 12.5 Å². The Hall–Kier alpha value is -1.22. The summed E-state index contributed by atoms with van der Waals surface area (Å²) in [5.41, 5.74) is 0.901. The van der Waals surface area contributed by atoms with Gasteiger partial charge in [-0.25, -0.2) is 0 Å². The number of carbonyl (C=O) groups excluding carboxylic acids is 1. The van der Waals surface area contributed by atoms with E-state index in [0.29, 0.717) is 0 Å². The molecule has 0 amide bonds. The van der Waals surface area contributed by atoms with Crippen molar-refractivity contribution in [3.05, 3.63) is 29.8 Å². The fraction of sp³-hybridized carbons (Fsp3) is 0.357. The van der Waals surface area contributed by atoms with Gasteiger partial charge in [-0.1, -0.05) is 18.1 Å². The Morgan fingerprint density at radius 1 is 1.33 bits per heavy atom. The zero-order valence-electron chi connectivity index (χ0n) is 10.4. The summed E-state index contributed by atoms with van der Waals surface area (Å²) in [6.45, 7) is 4.09. The monoisotopic (exact) mass is 358 g/mol. The van der Waals surface area contributed by atoms with Crippen LogP contribution in [0.2, 0.25) is 0 Å². The lowest BCUT2D eigenvalue weighted by Gasteiger charge is -2.09. The van der Waals surface area contributed by atoms with Crippen molar-refractivity contribution < 1.29 is 14.3 Å². The third kappa shape index (κ3) is 5.92. The smallest absolute Gasteiger partial charge is 0.311 e. The molecule has 18 heavy (non-hydrogen) atoms. The first kappa shape index (κ1) is 14.8. The molecular formula is C14H15IO3. The highest BCUT2D eigenvalue weighted by Crippen LogP contribution is 2.14. The summed E-state index contributed by atoms with van der Waals surface area (Å²) in [6, 6.07) is 7.44. The first-order valence-corrected chi connectivity index (χ1v) is 6.69. The van der Waals surface area contributed by atoms with Gasteiger partial charge in [0.15, 0.2) is 6.61 Å². The predicted molar refractivity (Wildman–Crippen MR) is 78.7 cm³/mol. The van der Waals surface area contributed by atoms with E-state index in [4.69, 9.17) is 9.47 Å². The zero-order chi connectivity index (χ0) is 13.4. The lowest BCUT2D eigenvalue weighted by Crippen LogP contribution is -2.08. The fourth-order valence-electron chi connectivity index (χ4n) is 1.32. The number of esters is 1. The van der Waals surface area contributed by atoms with E-state index in [-0.39, 0.29) is 25.1 Å². The molecule has 0 aliphatic rings. The van der Waals surface area contributed by atoms with Gasteiger partial charge in [0.1, 0.15) is 5.75 Å². The molecule has 0 aliphatic heterocycles. The average molecular weight is 358 g/mol. The topological polar surface area (TPSA) is 35.5 Å². The Labute approximate surface area is 121 Å². The minimum absolute atomic E-state index is 0.146. The van der Waals surface area contributed by atoms with Crippen molar-refractivity contribution >= 4 is 28.6 Å². The molecular weight excluding hydrogens is 343 g/mol. The SMILES string of the molecule is CC(C)Oc1ccc(CC(=O)OCC#CI)cc1. The largest absolute Gasteiger partial charge is 0.491 e. The molecule has 0 N–H and O–H groups in total. The van der Waals surface area contributed by atoms with Gasteiger partial charge in [-0.2, -0.15) is 0 Å². The highest BCUT2D eigenvalue weighted by atomic mass is 127. The molecule has 0 aromatic heterocycles. The van der Waals surface area contributed by atoms with Crippen LogP contribution in [-0.4, -0.2) is 18.7 Å². The lowest BCUT2D eigenvalue weighted by atomic mass is 10.1. The number of hydrogen-bond donors (Lipinski definition) is 0. The highest BCUT2D eigenvalue weighted by Gasteiger charge is 2.04. The average Bonchev–Trinajstić information content (AvgIpc) is 2.31. The lowest BCUT2D eigenvalue weighted by molar-refractivity contribution is -0.141. The van der Waals surface area contributed by atoms with Gasteiger partial charge in [0.25, 0.3) is 0 Å². The molecule has 1 rings (SSSR count). The van der Waals surface area contributed by atoms with Crippen LogP contribution < -0.4 is 4.74 Å². The van der Waals surface area contributed by atoms with E-state index in [0.717, 1.165) is 11.3 Å². The van der Waals surface area contributed by atoms with Crippen LogP contribution >= 0.6 is 22.6 Å². The molecule has 0 radical (unpaired) electrons. The first-order chi connectivity index (χ1) is 8.61. The highest BCUT2D eigenvalue weighted by molar-refractivity contribution is 14.1. The molecule has 1 aromatic rings. The van der Waals surface area contributed by atoms with Crippen LogP contribution in [0, 0.1) is 9.85 Å². The Morgan fingerprint density at radius 2 is 2.00 bits per heavy atom. The number of ether oxygens (including phenoxy) is 2. The molecule has 0 saturated heterocycles. The van der Waals surface area contributed by atoms with E-state index in [1.54, 1.807) is 0 Å². The van der Waals surface area contributed by atoms with E-state index in [9.17, 15) is 4.79 Å². The third-order valence-electron chi connectivity index (χ3n) is 2.02. The van der Waals surface area contributed by atoms with Crippen molar-refractivity contribution in [2.24, 2.45) is 0 Å². The predicted octanol–water partition coefficient (Wildman–Crippen LogP) is 2.96. The summed E-state index contributed by atoms with van der Waals surface area (Å²) in [5.74, 6) is 3.20. The molecule has 96 valence electrons. The summed E-state index contributed by atoms with van der Waals surface area (Å²) in [7, 11) is 0. The number of halogens is 1. The van der Waals surface area contributed by atoms with E-state index in [1.807, 2.05) is 60.7 Å². The minimum Gasteiger partial charge on any atom is -0.491 e. The van der Waals surface area contributed by atoms with Gasteiger partial charge in [0.2, 0.25) is 0 Å². The standard InChI is InChI=1S/C14H15IO3/c1-11(2)18-13-6-4-12(5-7-13)10-14(16)17-9-3-8-15/h4-7,11H,9-10H2,1-2H3. The summed E-state index contributed by atoms with van der Waals surface area (Å²) < 4.78 is 13.1. The molecule has 0 bridgehead atoms. The second kappa shape index (κ2) is 7.98. The third-order valence-corrected chi connectivity index (χ3v) is 2.40. The molecule has 0 saturated carbocycles. The van der Waals surface area contributed by atoms with Gasteiger partial charge in [0, 0.05) is 22.6 Å². The van der Waals surface area contributed by atoms with Crippen LogP contribution in [0.15, 0.2) is 24.3 Å². The first-order valence-electron chi connectivity index (χ1n) is 5.61. The van der Waals surface area contributed by atoms with Crippen LogP contribution in [0.4, 0.5) is 0 Å². The maximum atomic E-state index is 11.4. The summed E-state index contributed by atoms with van der Waals surface area (Å²) in [4.78, 5) is 11.4. The van der Waals surface area contributed by atoms with Crippen molar-refractivity contribution in [2.45, 2.75) is 26.4 Å². The Kier molecular flexibility index (Phi) is 6.58. The van der Waals surface area contributed by atoms with Crippen LogP contribution in [0.25, 0.3) is 0 Å². The van der Waals surface area contributed by atoms with Gasteiger partial charge < -0.3 is 9.47 Å². The van der Waals surface area contributed by atoms with Crippen molar-refractivity contribution in [3.63, 3.8) is 0 Å². The van der Waals surface area contributed by atoms with Gasteiger partial charge in [-0.15, -0.1) is 0 Å². The molecule has 0 unspecified atom stereocenters. The van der Waals surface area contributed by atoms with Crippen LogP contribution in [0.3, 0.4) is 0 Å². The van der Waals surface area contributed by atoms with Gasteiger partial charge in [-0.05, 0) is 35.5 Å². The molecule has 0 heterocycles. The van der Waals surface area contributed by atoms with Crippen molar-refractivity contribution in [1.82, 2.24) is 0 Å². The fourth-order valence-corrected chi connectivity index (χ4v) is 1.48. The second-order valence-electron chi connectivity index (χ2n) is 3.92. The number of carbonyl (C=O) groups is 1. The minimum atomic E-state index is -0.272. The van der Waals surface area contributed by atoms with E-state index < -0.39 is 0 Å². The Morgan fingerprint density at radius 3 is 2.56 bits per heavy atom. The second-order valence-corrected chi connectivity index (χ2v) is 4.46. The van der Waals surface area contributed by atoms with E-state index in [2.05, 4.69) is 9.85 Å². The van der Waals surface area contributed by atoms with Crippen LogP contribution in [0.5, 0.6) is 5.75 Å². The molecule has 0 fully saturated rings. The molecule has 1 aromatic carbocycles. The summed E-state index contributed by atoms with van der Waals surface area (Å²) in [6.07, 6.45) is 0.401. The molecule has 0 aliphatic carbocycles. The molecule has 0 atom stereocenters. The number of rotatable bonds is 5. The summed E-state index contributed by atoms with van der Waals surface area (Å²) in [5, 5.41) is 0. The quantitative estimate of drug-likeness (QED) is 0.461.